The lowest BCUT2D eigenvalue weighted by Crippen LogP contribution is -2.16. The first-order chi connectivity index (χ1) is 14.9. The summed E-state index contributed by atoms with van der Waals surface area (Å²) in [6, 6.07) is 17.6. The van der Waals surface area contributed by atoms with Gasteiger partial charge in [-0.25, -0.2) is 9.78 Å². The average molecular weight is 494 g/mol. The lowest BCUT2D eigenvalue weighted by molar-refractivity contribution is 0.215. The lowest BCUT2D eigenvalue weighted by atomic mass is 10.1. The number of amides is 1. The van der Waals surface area contributed by atoms with E-state index in [1.54, 1.807) is 42.5 Å². The third-order valence-corrected chi connectivity index (χ3v) is 6.40. The van der Waals surface area contributed by atoms with Gasteiger partial charge in [0.15, 0.2) is 5.13 Å². The maximum absolute atomic E-state index is 12.1. The second-order valence-corrected chi connectivity index (χ2v) is 8.72. The number of fused-ring (bicyclic) bond motifs is 1. The molecule has 0 saturated carbocycles. The SMILES string of the molecule is CC(Oc1ccc2nc(NC(=O)Oc3ccccc3)sc2c1)c1c(Cl)ccc(Cl)c1Cl. The number of hydrogen-bond donors (Lipinski definition) is 1. The molecular formula is C22H15Cl3N2O3S. The predicted octanol–water partition coefficient (Wildman–Crippen LogP) is 8.01. The summed E-state index contributed by atoms with van der Waals surface area (Å²) in [7, 11) is 0. The lowest BCUT2D eigenvalue weighted by Gasteiger charge is -2.18. The second kappa shape index (κ2) is 9.32. The molecule has 5 nitrogen and oxygen atoms in total. The molecule has 1 aromatic heterocycles. The van der Waals surface area contributed by atoms with Crippen LogP contribution in [0.25, 0.3) is 10.2 Å². The van der Waals surface area contributed by atoms with E-state index in [-0.39, 0.29) is 0 Å². The van der Waals surface area contributed by atoms with E-state index in [0.29, 0.717) is 37.3 Å². The predicted molar refractivity (Wildman–Crippen MR) is 126 cm³/mol. The number of aromatic nitrogens is 1. The highest BCUT2D eigenvalue weighted by Crippen LogP contribution is 2.38. The van der Waals surface area contributed by atoms with Crippen LogP contribution in [0.3, 0.4) is 0 Å². The average Bonchev–Trinajstić information content (AvgIpc) is 3.13. The highest BCUT2D eigenvalue weighted by molar-refractivity contribution is 7.22. The van der Waals surface area contributed by atoms with Gasteiger partial charge >= 0.3 is 6.09 Å². The normalized spacial score (nSPS) is 11.9. The fraction of sp³-hybridized carbons (Fsp3) is 0.0909. The van der Waals surface area contributed by atoms with Gasteiger partial charge in [0.25, 0.3) is 0 Å². The molecule has 0 aliphatic carbocycles. The van der Waals surface area contributed by atoms with Crippen molar-refractivity contribution < 1.29 is 14.3 Å². The fourth-order valence-corrected chi connectivity index (χ4v) is 4.64. The Morgan fingerprint density at radius 2 is 1.74 bits per heavy atom. The van der Waals surface area contributed by atoms with Gasteiger partial charge < -0.3 is 9.47 Å². The van der Waals surface area contributed by atoms with Crippen LogP contribution in [0.2, 0.25) is 15.1 Å². The smallest absolute Gasteiger partial charge is 0.418 e. The maximum atomic E-state index is 12.1. The molecule has 1 amide bonds. The highest BCUT2D eigenvalue weighted by atomic mass is 35.5. The number of para-hydroxylation sites is 1. The van der Waals surface area contributed by atoms with Crippen molar-refractivity contribution in [2.45, 2.75) is 13.0 Å². The van der Waals surface area contributed by atoms with Crippen molar-refractivity contribution in [2.75, 3.05) is 5.32 Å². The Kier molecular flexibility index (Phi) is 6.53. The largest absolute Gasteiger partial charge is 0.486 e. The van der Waals surface area contributed by atoms with Crippen LogP contribution in [0.1, 0.15) is 18.6 Å². The molecule has 0 radical (unpaired) electrons. The summed E-state index contributed by atoms with van der Waals surface area (Å²) in [4.78, 5) is 16.5. The molecule has 9 heteroatoms. The first-order valence-corrected chi connectivity index (χ1v) is 11.1. The zero-order chi connectivity index (χ0) is 22.0. The molecule has 1 N–H and O–H groups in total. The highest BCUT2D eigenvalue weighted by Gasteiger charge is 2.18. The summed E-state index contributed by atoms with van der Waals surface area (Å²) < 4.78 is 12.1. The Labute approximate surface area is 197 Å². The van der Waals surface area contributed by atoms with E-state index >= 15 is 0 Å². The van der Waals surface area contributed by atoms with E-state index < -0.39 is 12.2 Å². The first-order valence-electron chi connectivity index (χ1n) is 9.15. The molecule has 1 heterocycles. The van der Waals surface area contributed by atoms with E-state index in [0.717, 1.165) is 10.2 Å². The summed E-state index contributed by atoms with van der Waals surface area (Å²) in [5.41, 5.74) is 1.34. The zero-order valence-electron chi connectivity index (χ0n) is 16.1. The van der Waals surface area contributed by atoms with Crippen LogP contribution in [-0.2, 0) is 0 Å². The number of halogens is 3. The molecule has 4 rings (SSSR count). The first kappa shape index (κ1) is 21.7. The van der Waals surface area contributed by atoms with E-state index in [2.05, 4.69) is 10.3 Å². The zero-order valence-corrected chi connectivity index (χ0v) is 19.1. The van der Waals surface area contributed by atoms with Crippen molar-refractivity contribution in [1.82, 2.24) is 4.98 Å². The monoisotopic (exact) mass is 492 g/mol. The molecule has 0 fully saturated rings. The molecule has 31 heavy (non-hydrogen) atoms. The van der Waals surface area contributed by atoms with Crippen molar-refractivity contribution in [3.8, 4) is 11.5 Å². The number of nitrogens with one attached hydrogen (secondary N) is 1. The van der Waals surface area contributed by atoms with Gasteiger partial charge in [-0.05, 0) is 49.4 Å². The maximum Gasteiger partial charge on any atom is 0.418 e. The van der Waals surface area contributed by atoms with Gasteiger partial charge in [-0.15, -0.1) is 0 Å². The quantitative estimate of drug-likeness (QED) is 0.286. The number of hydrogen-bond acceptors (Lipinski definition) is 5. The third kappa shape index (κ3) is 5.05. The Hall–Kier alpha value is -2.51. The van der Waals surface area contributed by atoms with Crippen LogP contribution in [0.5, 0.6) is 11.5 Å². The van der Waals surface area contributed by atoms with Crippen molar-refractivity contribution >= 4 is 67.6 Å². The van der Waals surface area contributed by atoms with Gasteiger partial charge in [0.05, 0.1) is 20.3 Å². The molecule has 0 spiro atoms. The van der Waals surface area contributed by atoms with Crippen LogP contribution >= 0.6 is 46.1 Å². The second-order valence-electron chi connectivity index (χ2n) is 6.49. The summed E-state index contributed by atoms with van der Waals surface area (Å²) in [6.45, 7) is 1.84. The minimum atomic E-state index is -0.611. The number of carbonyl (C=O) groups is 1. The number of benzene rings is 3. The van der Waals surface area contributed by atoms with Gasteiger partial charge in [-0.1, -0.05) is 64.3 Å². The molecule has 4 aromatic rings. The molecule has 0 aliphatic rings. The Morgan fingerprint density at radius 1 is 1.00 bits per heavy atom. The number of ether oxygens (including phenoxy) is 2. The summed E-state index contributed by atoms with van der Waals surface area (Å²) in [6.07, 6.45) is -1.04. The summed E-state index contributed by atoms with van der Waals surface area (Å²) in [5.74, 6) is 1.05. The van der Waals surface area contributed by atoms with Crippen molar-refractivity contribution in [2.24, 2.45) is 0 Å². The summed E-state index contributed by atoms with van der Waals surface area (Å²) >= 11 is 20.0. The third-order valence-electron chi connectivity index (χ3n) is 4.32. The van der Waals surface area contributed by atoms with Crippen molar-refractivity contribution in [3.05, 3.63) is 81.3 Å². The molecule has 3 aromatic carbocycles. The van der Waals surface area contributed by atoms with E-state index in [1.165, 1.54) is 11.3 Å². The van der Waals surface area contributed by atoms with E-state index in [9.17, 15) is 4.79 Å². The van der Waals surface area contributed by atoms with Crippen LogP contribution in [0.4, 0.5) is 9.93 Å². The number of rotatable bonds is 5. The standard InChI is InChI=1S/C22H15Cl3N2O3S/c1-12(19-15(23)8-9-16(24)20(19)25)29-14-7-10-17-18(11-14)31-21(26-17)27-22(28)30-13-5-3-2-4-6-13/h2-12H,1H3,(H,26,27,28). The van der Waals surface area contributed by atoms with Crippen molar-refractivity contribution in [3.63, 3.8) is 0 Å². The fourth-order valence-electron chi connectivity index (χ4n) is 2.92. The molecular weight excluding hydrogens is 479 g/mol. The molecule has 0 bridgehead atoms. The van der Waals surface area contributed by atoms with Gasteiger partial charge in [0, 0.05) is 10.6 Å². The van der Waals surface area contributed by atoms with Gasteiger partial charge in [-0.2, -0.15) is 0 Å². The van der Waals surface area contributed by atoms with E-state index in [1.807, 2.05) is 25.1 Å². The van der Waals surface area contributed by atoms with Crippen LogP contribution in [0, 0.1) is 0 Å². The number of anilines is 1. The van der Waals surface area contributed by atoms with Crippen LogP contribution in [-0.4, -0.2) is 11.1 Å². The topological polar surface area (TPSA) is 60.5 Å². The molecule has 1 unspecified atom stereocenters. The summed E-state index contributed by atoms with van der Waals surface area (Å²) in [5, 5.41) is 4.31. The minimum absolute atomic E-state index is 0.365. The Bertz CT molecular complexity index is 1250. The van der Waals surface area contributed by atoms with Crippen LogP contribution in [0.15, 0.2) is 60.7 Å². The molecule has 0 saturated heterocycles. The Morgan fingerprint density at radius 3 is 2.52 bits per heavy atom. The van der Waals surface area contributed by atoms with Gasteiger partial charge in [0.1, 0.15) is 17.6 Å². The number of carbonyl (C=O) groups excluding carboxylic acids is 1. The molecule has 0 aliphatic heterocycles. The number of thiazole rings is 1. The molecule has 1 atom stereocenters. The minimum Gasteiger partial charge on any atom is -0.486 e. The van der Waals surface area contributed by atoms with Crippen molar-refractivity contribution in [1.29, 1.82) is 0 Å². The van der Waals surface area contributed by atoms with Gasteiger partial charge in [0.2, 0.25) is 0 Å². The number of nitrogens with zero attached hydrogens (tertiary/aromatic N) is 1. The van der Waals surface area contributed by atoms with Crippen LogP contribution < -0.4 is 14.8 Å². The van der Waals surface area contributed by atoms with E-state index in [4.69, 9.17) is 44.3 Å². The van der Waals surface area contributed by atoms with Gasteiger partial charge in [-0.3, -0.25) is 5.32 Å². The Balaban J connectivity index is 1.49. The molecule has 158 valence electrons.